The van der Waals surface area contributed by atoms with E-state index in [1.165, 1.54) is 12.8 Å². The van der Waals surface area contributed by atoms with Crippen LogP contribution in [0.3, 0.4) is 0 Å². The van der Waals surface area contributed by atoms with Crippen molar-refractivity contribution in [2.24, 2.45) is 0 Å². The third-order valence-corrected chi connectivity index (χ3v) is 5.43. The third kappa shape index (κ3) is 4.00. The quantitative estimate of drug-likeness (QED) is 0.377. The zero-order valence-electron chi connectivity index (χ0n) is 13.9. The van der Waals surface area contributed by atoms with Crippen LogP contribution >= 0.6 is 35.0 Å². The maximum atomic E-state index is 6.11. The van der Waals surface area contributed by atoms with Crippen molar-refractivity contribution >= 4 is 35.0 Å². The first-order valence-corrected chi connectivity index (χ1v) is 10.2. The van der Waals surface area contributed by atoms with Crippen molar-refractivity contribution in [1.29, 1.82) is 0 Å². The van der Waals surface area contributed by atoms with E-state index in [9.17, 15) is 0 Å². The highest BCUT2D eigenvalue weighted by molar-refractivity contribution is 7.99. The van der Waals surface area contributed by atoms with E-state index in [4.69, 9.17) is 32.9 Å². The summed E-state index contributed by atoms with van der Waals surface area (Å²) in [6, 6.07) is 15.5. The van der Waals surface area contributed by atoms with Crippen LogP contribution in [0.1, 0.15) is 24.6 Å². The SMILES string of the molecule is Clc1cccc(Cl)c1OCCSc1nc(C2CC2)n(-c2ccccc2)n1. The molecular weight excluding hydrogens is 389 g/mol. The fraction of sp³-hybridized carbons (Fsp3) is 0.263. The number of nitrogens with zero attached hydrogens (tertiary/aromatic N) is 3. The lowest BCUT2D eigenvalue weighted by Crippen LogP contribution is -2.02. The largest absolute Gasteiger partial charge is 0.490 e. The Morgan fingerprint density at radius 3 is 2.46 bits per heavy atom. The zero-order chi connectivity index (χ0) is 17.9. The van der Waals surface area contributed by atoms with Gasteiger partial charge in [-0.15, -0.1) is 5.10 Å². The average Bonchev–Trinajstić information content (AvgIpc) is 3.41. The molecule has 0 saturated heterocycles. The Kier molecular flexibility index (Phi) is 5.38. The molecule has 7 heteroatoms. The monoisotopic (exact) mass is 405 g/mol. The topological polar surface area (TPSA) is 39.9 Å². The molecule has 1 fully saturated rings. The lowest BCUT2D eigenvalue weighted by molar-refractivity contribution is 0.344. The molecule has 1 aromatic heterocycles. The van der Waals surface area contributed by atoms with Crippen LogP contribution in [0, 0.1) is 0 Å². The van der Waals surface area contributed by atoms with Gasteiger partial charge >= 0.3 is 0 Å². The van der Waals surface area contributed by atoms with E-state index in [1.54, 1.807) is 30.0 Å². The summed E-state index contributed by atoms with van der Waals surface area (Å²) in [6.45, 7) is 0.479. The van der Waals surface area contributed by atoms with E-state index in [-0.39, 0.29) is 0 Å². The van der Waals surface area contributed by atoms with Crippen molar-refractivity contribution in [3.05, 3.63) is 64.4 Å². The number of aromatic nitrogens is 3. The molecule has 0 aliphatic heterocycles. The number of ether oxygens (including phenoxy) is 1. The van der Waals surface area contributed by atoms with Crippen LogP contribution in [0.2, 0.25) is 10.0 Å². The highest BCUT2D eigenvalue weighted by Gasteiger charge is 2.30. The van der Waals surface area contributed by atoms with E-state index in [2.05, 4.69) is 17.2 Å². The molecule has 0 N–H and O–H groups in total. The van der Waals surface area contributed by atoms with E-state index in [0.717, 1.165) is 16.7 Å². The van der Waals surface area contributed by atoms with Gasteiger partial charge in [-0.1, -0.05) is 59.2 Å². The third-order valence-electron chi connectivity index (χ3n) is 4.04. The minimum atomic E-state index is 0.479. The summed E-state index contributed by atoms with van der Waals surface area (Å²) in [6.07, 6.45) is 2.37. The van der Waals surface area contributed by atoms with Crippen LogP contribution in [0.5, 0.6) is 5.75 Å². The van der Waals surface area contributed by atoms with Crippen molar-refractivity contribution < 1.29 is 4.74 Å². The molecule has 0 unspecified atom stereocenters. The van der Waals surface area contributed by atoms with E-state index >= 15 is 0 Å². The first kappa shape index (κ1) is 17.7. The summed E-state index contributed by atoms with van der Waals surface area (Å²) < 4.78 is 7.69. The Morgan fingerprint density at radius 1 is 1.04 bits per heavy atom. The summed E-state index contributed by atoms with van der Waals surface area (Å²) in [7, 11) is 0. The highest BCUT2D eigenvalue weighted by atomic mass is 35.5. The van der Waals surface area contributed by atoms with Gasteiger partial charge in [-0.05, 0) is 37.1 Å². The fourth-order valence-corrected chi connectivity index (χ4v) is 3.78. The molecule has 0 radical (unpaired) electrons. The van der Waals surface area contributed by atoms with E-state index < -0.39 is 0 Å². The number of benzene rings is 2. The predicted molar refractivity (Wildman–Crippen MR) is 106 cm³/mol. The minimum Gasteiger partial charge on any atom is -0.490 e. The van der Waals surface area contributed by atoms with Gasteiger partial charge < -0.3 is 4.74 Å². The van der Waals surface area contributed by atoms with Gasteiger partial charge in [-0.3, -0.25) is 0 Å². The van der Waals surface area contributed by atoms with Crippen LogP contribution in [-0.2, 0) is 0 Å². The Balaban J connectivity index is 1.41. The molecule has 0 spiro atoms. The summed E-state index contributed by atoms with van der Waals surface area (Å²) in [5, 5.41) is 6.49. The van der Waals surface area contributed by atoms with Crippen molar-refractivity contribution in [2.45, 2.75) is 23.9 Å². The highest BCUT2D eigenvalue weighted by Crippen LogP contribution is 2.40. The lowest BCUT2D eigenvalue weighted by Gasteiger charge is -2.08. The van der Waals surface area contributed by atoms with Crippen LogP contribution in [0.25, 0.3) is 5.69 Å². The van der Waals surface area contributed by atoms with Gasteiger partial charge in [-0.25, -0.2) is 9.67 Å². The van der Waals surface area contributed by atoms with Gasteiger partial charge in [0.15, 0.2) is 5.75 Å². The summed E-state index contributed by atoms with van der Waals surface area (Å²) in [4.78, 5) is 4.74. The molecule has 4 nitrogen and oxygen atoms in total. The minimum absolute atomic E-state index is 0.479. The molecule has 134 valence electrons. The fourth-order valence-electron chi connectivity index (χ4n) is 2.63. The standard InChI is InChI=1S/C19H17Cl2N3OS/c20-15-7-4-8-16(21)17(15)25-11-12-26-19-22-18(13-9-10-13)24(23-19)14-5-2-1-3-6-14/h1-8,13H,9-12H2. The number of hydrogen-bond acceptors (Lipinski definition) is 4. The molecule has 1 aliphatic rings. The number of para-hydroxylation sites is 2. The van der Waals surface area contributed by atoms with Gasteiger partial charge in [0.2, 0.25) is 5.16 Å². The van der Waals surface area contributed by atoms with Crippen molar-refractivity contribution in [2.75, 3.05) is 12.4 Å². The van der Waals surface area contributed by atoms with Gasteiger partial charge in [0.25, 0.3) is 0 Å². The van der Waals surface area contributed by atoms with E-state index in [1.807, 2.05) is 22.9 Å². The molecule has 1 saturated carbocycles. The molecule has 3 aromatic rings. The number of hydrogen-bond donors (Lipinski definition) is 0. The average molecular weight is 406 g/mol. The second-order valence-corrected chi connectivity index (χ2v) is 7.90. The number of halogens is 2. The second-order valence-electron chi connectivity index (χ2n) is 6.02. The first-order valence-electron chi connectivity index (χ1n) is 8.44. The summed E-state index contributed by atoms with van der Waals surface area (Å²) >= 11 is 13.8. The summed E-state index contributed by atoms with van der Waals surface area (Å²) in [5.74, 6) is 2.81. The predicted octanol–water partition coefficient (Wildman–Crippen LogP) is 5.62. The Bertz CT molecular complexity index is 877. The van der Waals surface area contributed by atoms with Crippen molar-refractivity contribution in [3.63, 3.8) is 0 Å². The smallest absolute Gasteiger partial charge is 0.209 e. The van der Waals surface area contributed by atoms with Crippen molar-refractivity contribution in [1.82, 2.24) is 14.8 Å². The Morgan fingerprint density at radius 2 is 1.77 bits per heavy atom. The molecule has 0 amide bonds. The molecule has 0 bridgehead atoms. The van der Waals surface area contributed by atoms with E-state index in [0.29, 0.717) is 34.1 Å². The first-order chi connectivity index (χ1) is 12.7. The van der Waals surface area contributed by atoms with Gasteiger partial charge in [0.05, 0.1) is 22.3 Å². The second kappa shape index (κ2) is 7.91. The molecule has 4 rings (SSSR count). The lowest BCUT2D eigenvalue weighted by atomic mass is 10.3. The van der Waals surface area contributed by atoms with Crippen molar-refractivity contribution in [3.8, 4) is 11.4 Å². The van der Waals surface area contributed by atoms with Crippen LogP contribution < -0.4 is 4.74 Å². The molecule has 2 aromatic carbocycles. The zero-order valence-corrected chi connectivity index (χ0v) is 16.3. The molecular formula is C19H17Cl2N3OS. The normalized spacial score (nSPS) is 13.8. The maximum absolute atomic E-state index is 6.11. The van der Waals surface area contributed by atoms with Crippen LogP contribution in [-0.4, -0.2) is 27.1 Å². The van der Waals surface area contributed by atoms with Gasteiger partial charge in [0.1, 0.15) is 5.82 Å². The maximum Gasteiger partial charge on any atom is 0.209 e. The van der Waals surface area contributed by atoms with Crippen LogP contribution in [0.4, 0.5) is 0 Å². The number of thioether (sulfide) groups is 1. The Labute approximate surface area is 166 Å². The van der Waals surface area contributed by atoms with Crippen LogP contribution in [0.15, 0.2) is 53.7 Å². The molecule has 0 atom stereocenters. The Hall–Kier alpha value is -1.69. The number of rotatable bonds is 7. The van der Waals surface area contributed by atoms with Gasteiger partial charge in [-0.2, -0.15) is 0 Å². The molecule has 1 heterocycles. The molecule has 26 heavy (non-hydrogen) atoms. The van der Waals surface area contributed by atoms with Gasteiger partial charge in [0, 0.05) is 11.7 Å². The summed E-state index contributed by atoms with van der Waals surface area (Å²) in [5.41, 5.74) is 1.05. The molecule has 1 aliphatic carbocycles.